The van der Waals surface area contributed by atoms with Crippen molar-refractivity contribution >= 4 is 34.8 Å². The van der Waals surface area contributed by atoms with E-state index in [0.29, 0.717) is 5.02 Å². The van der Waals surface area contributed by atoms with E-state index in [9.17, 15) is 0 Å². The fourth-order valence-corrected chi connectivity index (χ4v) is 2.32. The van der Waals surface area contributed by atoms with Crippen LogP contribution < -0.4 is 0 Å². The molecule has 0 bridgehead atoms. The van der Waals surface area contributed by atoms with Crippen molar-refractivity contribution in [2.45, 2.75) is 38.0 Å². The molecule has 1 aromatic rings. The smallest absolute Gasteiger partial charge is 0.0452 e. The lowest BCUT2D eigenvalue weighted by molar-refractivity contribution is 0.676. The minimum absolute atomic E-state index is 0.252. The molecule has 0 aliphatic heterocycles. The van der Waals surface area contributed by atoms with Crippen molar-refractivity contribution in [1.82, 2.24) is 0 Å². The molecule has 1 aromatic carbocycles. The van der Waals surface area contributed by atoms with Gasteiger partial charge in [-0.15, -0.1) is 11.6 Å². The van der Waals surface area contributed by atoms with Crippen LogP contribution in [-0.4, -0.2) is 5.38 Å². The maximum Gasteiger partial charge on any atom is 0.0452 e. The molecule has 1 unspecified atom stereocenters. The van der Waals surface area contributed by atoms with Crippen molar-refractivity contribution in [3.05, 3.63) is 33.8 Å². The predicted octanol–water partition coefficient (Wildman–Crippen LogP) is 5.33. The van der Waals surface area contributed by atoms with E-state index in [4.69, 9.17) is 34.8 Å². The lowest BCUT2D eigenvalue weighted by Crippen LogP contribution is -2.00. The summed E-state index contributed by atoms with van der Waals surface area (Å²) in [6, 6.07) is 5.62. The van der Waals surface area contributed by atoms with Crippen molar-refractivity contribution in [2.75, 3.05) is 0 Å². The van der Waals surface area contributed by atoms with E-state index in [1.807, 2.05) is 12.1 Å². The highest BCUT2D eigenvalue weighted by Gasteiger charge is 2.06. The molecule has 0 aromatic heterocycles. The van der Waals surface area contributed by atoms with Crippen LogP contribution in [0.4, 0.5) is 0 Å². The zero-order valence-corrected chi connectivity index (χ0v) is 11.0. The highest BCUT2D eigenvalue weighted by Crippen LogP contribution is 2.23. The Balaban J connectivity index is 2.50. The Morgan fingerprint density at radius 2 is 1.93 bits per heavy atom. The Kier molecular flexibility index (Phi) is 5.81. The summed E-state index contributed by atoms with van der Waals surface area (Å²) in [5, 5.41) is 1.67. The molecule has 3 heteroatoms. The van der Waals surface area contributed by atoms with E-state index in [0.717, 1.165) is 36.3 Å². The molecule has 0 amide bonds. The summed E-state index contributed by atoms with van der Waals surface area (Å²) >= 11 is 18.0. The molecule has 0 aliphatic carbocycles. The van der Waals surface area contributed by atoms with Gasteiger partial charge in [0.15, 0.2) is 0 Å². The lowest BCUT2D eigenvalue weighted by atomic mass is 10.1. The SMILES string of the molecule is CCCC(Cl)CCc1ccc(Cl)cc1Cl. The molecule has 1 rings (SSSR count). The van der Waals surface area contributed by atoms with Crippen LogP contribution in [0, 0.1) is 0 Å². The summed E-state index contributed by atoms with van der Waals surface area (Å²) in [5.74, 6) is 0. The molecule has 0 spiro atoms. The van der Waals surface area contributed by atoms with Gasteiger partial charge in [0.25, 0.3) is 0 Å². The van der Waals surface area contributed by atoms with Crippen LogP contribution in [0.15, 0.2) is 18.2 Å². The van der Waals surface area contributed by atoms with Gasteiger partial charge in [-0.3, -0.25) is 0 Å². The van der Waals surface area contributed by atoms with Crippen molar-refractivity contribution < 1.29 is 0 Å². The van der Waals surface area contributed by atoms with Gasteiger partial charge in [0.1, 0.15) is 0 Å². The van der Waals surface area contributed by atoms with Crippen LogP contribution in [0.5, 0.6) is 0 Å². The fourth-order valence-electron chi connectivity index (χ4n) is 1.49. The number of benzene rings is 1. The zero-order chi connectivity index (χ0) is 11.3. The van der Waals surface area contributed by atoms with E-state index >= 15 is 0 Å². The molecule has 0 N–H and O–H groups in total. The van der Waals surface area contributed by atoms with E-state index in [-0.39, 0.29) is 5.38 Å². The van der Waals surface area contributed by atoms with E-state index in [1.54, 1.807) is 6.07 Å². The fraction of sp³-hybridized carbons (Fsp3) is 0.500. The Morgan fingerprint density at radius 3 is 2.53 bits per heavy atom. The van der Waals surface area contributed by atoms with Crippen LogP contribution in [0.25, 0.3) is 0 Å². The topological polar surface area (TPSA) is 0 Å². The number of rotatable bonds is 5. The van der Waals surface area contributed by atoms with Crippen LogP contribution in [0.1, 0.15) is 31.7 Å². The number of hydrogen-bond donors (Lipinski definition) is 0. The predicted molar refractivity (Wildman–Crippen MR) is 69.3 cm³/mol. The zero-order valence-electron chi connectivity index (χ0n) is 8.77. The van der Waals surface area contributed by atoms with Crippen molar-refractivity contribution in [2.24, 2.45) is 0 Å². The Labute approximate surface area is 107 Å². The summed E-state index contributed by atoms with van der Waals surface area (Å²) in [7, 11) is 0. The summed E-state index contributed by atoms with van der Waals surface area (Å²) < 4.78 is 0. The molecular formula is C12H15Cl3. The van der Waals surface area contributed by atoms with Gasteiger partial charge in [-0.2, -0.15) is 0 Å². The lowest BCUT2D eigenvalue weighted by Gasteiger charge is -2.09. The second kappa shape index (κ2) is 6.62. The normalized spacial score (nSPS) is 12.8. The molecule has 1 atom stereocenters. The minimum atomic E-state index is 0.252. The quantitative estimate of drug-likeness (QED) is 0.631. The minimum Gasteiger partial charge on any atom is -0.123 e. The third kappa shape index (κ3) is 4.63. The highest BCUT2D eigenvalue weighted by atomic mass is 35.5. The molecule has 0 radical (unpaired) electrons. The molecule has 15 heavy (non-hydrogen) atoms. The second-order valence-corrected chi connectivity index (χ2v) is 5.12. The average molecular weight is 266 g/mol. The van der Waals surface area contributed by atoms with Crippen LogP contribution >= 0.6 is 34.8 Å². The van der Waals surface area contributed by atoms with E-state index < -0.39 is 0 Å². The summed E-state index contributed by atoms with van der Waals surface area (Å²) in [6.45, 7) is 2.14. The summed E-state index contributed by atoms with van der Waals surface area (Å²) in [6.07, 6.45) is 4.08. The van der Waals surface area contributed by atoms with Gasteiger partial charge in [-0.25, -0.2) is 0 Å². The number of hydrogen-bond acceptors (Lipinski definition) is 0. The first-order valence-corrected chi connectivity index (χ1v) is 6.40. The van der Waals surface area contributed by atoms with Crippen LogP contribution in [0.3, 0.4) is 0 Å². The molecular weight excluding hydrogens is 250 g/mol. The van der Waals surface area contributed by atoms with Gasteiger partial charge in [0.05, 0.1) is 0 Å². The molecule has 84 valence electrons. The monoisotopic (exact) mass is 264 g/mol. The highest BCUT2D eigenvalue weighted by molar-refractivity contribution is 6.35. The third-order valence-electron chi connectivity index (χ3n) is 2.34. The molecule has 0 nitrogen and oxygen atoms in total. The Morgan fingerprint density at radius 1 is 1.20 bits per heavy atom. The van der Waals surface area contributed by atoms with Gasteiger partial charge in [0, 0.05) is 15.4 Å². The van der Waals surface area contributed by atoms with Gasteiger partial charge in [-0.1, -0.05) is 42.6 Å². The first kappa shape index (κ1) is 13.2. The standard InChI is InChI=1S/C12H15Cl3/c1-2-3-10(13)6-4-9-5-7-11(14)8-12(9)15/h5,7-8,10H,2-4,6H2,1H3. The van der Waals surface area contributed by atoms with Crippen molar-refractivity contribution in [3.8, 4) is 0 Å². The van der Waals surface area contributed by atoms with Gasteiger partial charge >= 0.3 is 0 Å². The Hall–Kier alpha value is 0.0900. The van der Waals surface area contributed by atoms with Gasteiger partial charge in [-0.05, 0) is 37.0 Å². The third-order valence-corrected chi connectivity index (χ3v) is 3.37. The first-order chi connectivity index (χ1) is 7.13. The summed E-state index contributed by atoms with van der Waals surface area (Å²) in [5.41, 5.74) is 1.13. The maximum atomic E-state index is 6.15. The largest absolute Gasteiger partial charge is 0.123 e. The van der Waals surface area contributed by atoms with E-state index in [2.05, 4.69) is 6.92 Å². The molecule has 0 saturated carbocycles. The van der Waals surface area contributed by atoms with Crippen LogP contribution in [-0.2, 0) is 6.42 Å². The second-order valence-electron chi connectivity index (χ2n) is 3.66. The molecule has 0 saturated heterocycles. The maximum absolute atomic E-state index is 6.15. The average Bonchev–Trinajstić information content (AvgIpc) is 2.17. The number of halogens is 3. The van der Waals surface area contributed by atoms with Crippen LogP contribution in [0.2, 0.25) is 10.0 Å². The van der Waals surface area contributed by atoms with E-state index in [1.165, 1.54) is 0 Å². The molecule has 0 fully saturated rings. The Bertz CT molecular complexity index is 310. The van der Waals surface area contributed by atoms with Gasteiger partial charge in [0.2, 0.25) is 0 Å². The number of alkyl halides is 1. The summed E-state index contributed by atoms with van der Waals surface area (Å²) in [4.78, 5) is 0. The van der Waals surface area contributed by atoms with Crippen molar-refractivity contribution in [3.63, 3.8) is 0 Å². The van der Waals surface area contributed by atoms with Gasteiger partial charge < -0.3 is 0 Å². The molecule has 0 aliphatic rings. The first-order valence-electron chi connectivity index (χ1n) is 5.21. The number of aryl methyl sites for hydroxylation is 1. The molecule has 0 heterocycles. The van der Waals surface area contributed by atoms with Crippen molar-refractivity contribution in [1.29, 1.82) is 0 Å².